The molecule has 0 saturated heterocycles. The molecule has 0 fully saturated rings. The highest BCUT2D eigenvalue weighted by atomic mass is 19.1. The first kappa shape index (κ1) is 25.9. The quantitative estimate of drug-likeness (QED) is 0.425. The van der Waals surface area contributed by atoms with Crippen LogP contribution in [0.1, 0.15) is 31.4 Å². The van der Waals surface area contributed by atoms with E-state index in [0.29, 0.717) is 6.42 Å². The number of hydrogen-bond donors (Lipinski definition) is 1. The largest absolute Gasteiger partial charge is 0.481 e. The molecule has 2 amide bonds. The second-order valence-corrected chi connectivity index (χ2v) is 8.36. The molecule has 0 saturated carbocycles. The number of hydrogen-bond acceptors (Lipinski definition) is 3. The fourth-order valence-corrected chi connectivity index (χ4v) is 3.59. The molecule has 0 aliphatic heterocycles. The summed E-state index contributed by atoms with van der Waals surface area (Å²) in [5.74, 6) is -2.07. The van der Waals surface area contributed by atoms with Crippen molar-refractivity contribution in [1.29, 1.82) is 0 Å². The van der Waals surface area contributed by atoms with Gasteiger partial charge in [-0.1, -0.05) is 67.6 Å². The molecule has 0 radical (unpaired) electrons. The Kier molecular flexibility index (Phi) is 9.35. The van der Waals surface area contributed by atoms with Gasteiger partial charge in [0.25, 0.3) is 5.91 Å². The predicted octanol–water partition coefficient (Wildman–Crippen LogP) is 4.90. The number of nitrogens with zero attached hydrogens (tertiary/aromatic N) is 1. The van der Waals surface area contributed by atoms with Crippen LogP contribution < -0.4 is 10.1 Å². The molecule has 2 atom stereocenters. The second kappa shape index (κ2) is 12.6. The van der Waals surface area contributed by atoms with Gasteiger partial charge in [-0.2, -0.15) is 0 Å². The maximum absolute atomic E-state index is 14.6. The summed E-state index contributed by atoms with van der Waals surface area (Å²) in [5, 5.41) is 2.94. The zero-order valence-electron chi connectivity index (χ0n) is 19.9. The lowest BCUT2D eigenvalue weighted by atomic mass is 10.0. The van der Waals surface area contributed by atoms with Crippen LogP contribution in [0.15, 0.2) is 78.9 Å². The van der Waals surface area contributed by atoms with Crippen LogP contribution in [0.2, 0.25) is 0 Å². The standard InChI is InChI=1S/C28H30F2N2O3/c1-3-20(2)31-28(34)25(17-21-11-5-4-6-12-21)32(18-22-13-7-8-14-23(22)29)27(33)19-35-26-16-10-9-15-24(26)30/h4-16,20,25H,3,17-19H2,1-2H3,(H,31,34)/t20-,25+/m1/s1. The van der Waals surface area contributed by atoms with E-state index in [1.54, 1.807) is 24.3 Å². The Balaban J connectivity index is 1.93. The van der Waals surface area contributed by atoms with Gasteiger partial charge in [0.2, 0.25) is 5.91 Å². The first-order valence-electron chi connectivity index (χ1n) is 11.6. The summed E-state index contributed by atoms with van der Waals surface area (Å²) in [4.78, 5) is 28.1. The van der Waals surface area contributed by atoms with Crippen LogP contribution in [-0.4, -0.2) is 35.4 Å². The summed E-state index contributed by atoms with van der Waals surface area (Å²) >= 11 is 0. The summed E-state index contributed by atoms with van der Waals surface area (Å²) < 4.78 is 34.0. The van der Waals surface area contributed by atoms with Crippen molar-refractivity contribution < 1.29 is 23.1 Å². The monoisotopic (exact) mass is 480 g/mol. The van der Waals surface area contributed by atoms with Crippen LogP contribution in [0.4, 0.5) is 8.78 Å². The van der Waals surface area contributed by atoms with Gasteiger partial charge >= 0.3 is 0 Å². The van der Waals surface area contributed by atoms with Crippen molar-refractivity contribution in [3.8, 4) is 5.75 Å². The van der Waals surface area contributed by atoms with E-state index in [-0.39, 0.29) is 36.2 Å². The summed E-state index contributed by atoms with van der Waals surface area (Å²) in [6.45, 7) is 3.18. The minimum Gasteiger partial charge on any atom is -0.481 e. The van der Waals surface area contributed by atoms with Crippen LogP contribution in [-0.2, 0) is 22.6 Å². The normalized spacial score (nSPS) is 12.5. The van der Waals surface area contributed by atoms with E-state index in [4.69, 9.17) is 4.74 Å². The van der Waals surface area contributed by atoms with Crippen molar-refractivity contribution in [2.45, 2.75) is 45.3 Å². The topological polar surface area (TPSA) is 58.6 Å². The smallest absolute Gasteiger partial charge is 0.261 e. The highest BCUT2D eigenvalue weighted by Gasteiger charge is 2.31. The molecule has 0 aliphatic rings. The van der Waals surface area contributed by atoms with Crippen LogP contribution in [0.3, 0.4) is 0 Å². The second-order valence-electron chi connectivity index (χ2n) is 8.36. The minimum atomic E-state index is -0.928. The number of halogens is 2. The van der Waals surface area contributed by atoms with Gasteiger partial charge in [0.05, 0.1) is 0 Å². The summed E-state index contributed by atoms with van der Waals surface area (Å²) in [6.07, 6.45) is 0.935. The van der Waals surface area contributed by atoms with E-state index < -0.39 is 30.2 Å². The third-order valence-corrected chi connectivity index (χ3v) is 5.76. The number of benzene rings is 3. The Labute approximate surface area is 204 Å². The number of ether oxygens (including phenoxy) is 1. The van der Waals surface area contributed by atoms with Gasteiger partial charge in [-0.3, -0.25) is 9.59 Å². The lowest BCUT2D eigenvalue weighted by Crippen LogP contribution is -2.53. The van der Waals surface area contributed by atoms with Crippen molar-refractivity contribution in [3.63, 3.8) is 0 Å². The summed E-state index contributed by atoms with van der Waals surface area (Å²) in [5.41, 5.74) is 1.11. The minimum absolute atomic E-state index is 0.0737. The molecular weight excluding hydrogens is 450 g/mol. The van der Waals surface area contributed by atoms with Crippen LogP contribution in [0.25, 0.3) is 0 Å². The Hall–Kier alpha value is -3.74. The van der Waals surface area contributed by atoms with Gasteiger partial charge in [-0.25, -0.2) is 8.78 Å². The third kappa shape index (κ3) is 7.37. The molecule has 0 bridgehead atoms. The molecule has 3 aromatic rings. The lowest BCUT2D eigenvalue weighted by molar-refractivity contribution is -0.143. The maximum atomic E-state index is 14.6. The van der Waals surface area contributed by atoms with Crippen molar-refractivity contribution in [2.75, 3.05) is 6.61 Å². The molecule has 35 heavy (non-hydrogen) atoms. The molecule has 0 unspecified atom stereocenters. The number of nitrogens with one attached hydrogen (secondary N) is 1. The Morgan fingerprint density at radius 1 is 0.914 bits per heavy atom. The molecule has 0 aromatic heterocycles. The Bertz CT molecular complexity index is 1120. The number of rotatable bonds is 11. The average Bonchev–Trinajstić information content (AvgIpc) is 2.87. The molecule has 5 nitrogen and oxygen atoms in total. The molecule has 0 spiro atoms. The zero-order chi connectivity index (χ0) is 25.2. The fraction of sp³-hybridized carbons (Fsp3) is 0.286. The van der Waals surface area contributed by atoms with Gasteiger partial charge in [-0.05, 0) is 37.1 Å². The number of para-hydroxylation sites is 1. The van der Waals surface area contributed by atoms with E-state index in [2.05, 4.69) is 5.32 Å². The maximum Gasteiger partial charge on any atom is 0.261 e. The Morgan fingerprint density at radius 3 is 2.20 bits per heavy atom. The van der Waals surface area contributed by atoms with Crippen LogP contribution in [0, 0.1) is 11.6 Å². The highest BCUT2D eigenvalue weighted by molar-refractivity contribution is 5.88. The molecule has 3 rings (SSSR count). The van der Waals surface area contributed by atoms with E-state index in [1.807, 2.05) is 44.2 Å². The fourth-order valence-electron chi connectivity index (χ4n) is 3.59. The number of carbonyl (C=O) groups excluding carboxylic acids is 2. The van der Waals surface area contributed by atoms with Gasteiger partial charge < -0.3 is 15.0 Å². The Morgan fingerprint density at radius 2 is 1.54 bits per heavy atom. The van der Waals surface area contributed by atoms with E-state index in [1.165, 1.54) is 29.2 Å². The molecule has 7 heteroatoms. The van der Waals surface area contributed by atoms with Gasteiger partial charge in [-0.15, -0.1) is 0 Å². The number of amides is 2. The zero-order valence-corrected chi connectivity index (χ0v) is 19.9. The van der Waals surface area contributed by atoms with Gasteiger partial charge in [0, 0.05) is 24.6 Å². The molecular formula is C28H30F2N2O3. The molecule has 0 aliphatic carbocycles. The first-order chi connectivity index (χ1) is 16.9. The van der Waals surface area contributed by atoms with Gasteiger partial charge in [0.1, 0.15) is 11.9 Å². The van der Waals surface area contributed by atoms with Crippen molar-refractivity contribution in [2.24, 2.45) is 0 Å². The summed E-state index contributed by atoms with van der Waals surface area (Å²) in [7, 11) is 0. The SMILES string of the molecule is CC[C@@H](C)NC(=O)[C@H](Cc1ccccc1)N(Cc1ccccc1F)C(=O)COc1ccccc1F. The van der Waals surface area contributed by atoms with Crippen molar-refractivity contribution in [1.82, 2.24) is 10.2 Å². The van der Waals surface area contributed by atoms with Crippen LogP contribution >= 0.6 is 0 Å². The first-order valence-corrected chi connectivity index (χ1v) is 11.6. The molecule has 1 N–H and O–H groups in total. The van der Waals surface area contributed by atoms with E-state index in [9.17, 15) is 18.4 Å². The lowest BCUT2D eigenvalue weighted by Gasteiger charge is -2.32. The summed E-state index contributed by atoms with van der Waals surface area (Å²) in [6, 6.07) is 20.1. The van der Waals surface area contributed by atoms with Crippen molar-refractivity contribution in [3.05, 3.63) is 102 Å². The van der Waals surface area contributed by atoms with Gasteiger partial charge in [0.15, 0.2) is 18.2 Å². The number of carbonyl (C=O) groups is 2. The van der Waals surface area contributed by atoms with E-state index in [0.717, 1.165) is 5.56 Å². The highest BCUT2D eigenvalue weighted by Crippen LogP contribution is 2.19. The predicted molar refractivity (Wildman–Crippen MR) is 131 cm³/mol. The molecule has 184 valence electrons. The molecule has 0 heterocycles. The van der Waals surface area contributed by atoms with E-state index >= 15 is 0 Å². The molecule has 3 aromatic carbocycles. The van der Waals surface area contributed by atoms with Crippen LogP contribution in [0.5, 0.6) is 5.75 Å². The van der Waals surface area contributed by atoms with Crippen molar-refractivity contribution >= 4 is 11.8 Å². The average molecular weight is 481 g/mol. The third-order valence-electron chi connectivity index (χ3n) is 5.76.